The van der Waals surface area contributed by atoms with Crippen molar-refractivity contribution in [1.29, 1.82) is 0 Å². The third-order valence-electron chi connectivity index (χ3n) is 0.585. The number of rotatable bonds is 0. The van der Waals surface area contributed by atoms with Crippen molar-refractivity contribution in [3.63, 3.8) is 0 Å². The van der Waals surface area contributed by atoms with Gasteiger partial charge in [-0.15, -0.1) is 0 Å². The summed E-state index contributed by atoms with van der Waals surface area (Å²) in [5.41, 5.74) is -11.1. The van der Waals surface area contributed by atoms with Crippen LogP contribution in [0.2, 0.25) is 0 Å². The number of hydrogen-bond donors (Lipinski definition) is 2. The molecule has 27 heavy (non-hydrogen) atoms. The Bertz CT molecular complexity index is 546. The van der Waals surface area contributed by atoms with Crippen molar-refractivity contribution in [3.05, 3.63) is 33.3 Å². The minimum atomic E-state index is -5.84. The molecule has 0 unspecified atom stereocenters. The molecule has 0 fully saturated rings. The molecule has 0 aromatic heterocycles. The summed E-state index contributed by atoms with van der Waals surface area (Å²) in [6, 6.07) is 0. The van der Waals surface area contributed by atoms with E-state index in [1.807, 2.05) is 0 Å². The molecule has 0 radical (unpaired) electrons. The van der Waals surface area contributed by atoms with E-state index in [-0.39, 0.29) is 21.1 Å². The third-order valence-corrected chi connectivity index (χ3v) is 1.75. The standard InChI is InChI=1S/2CHF3O3S.5CO.Mo/c2*2-1(3,4)8(5,6)7;5*1-2;/h2*(H,5,6,7);;;;;;. The molecule has 0 aliphatic carbocycles. The van der Waals surface area contributed by atoms with Crippen LogP contribution in [0.25, 0.3) is 0 Å². The molecule has 0 aromatic rings. The van der Waals surface area contributed by atoms with Crippen LogP contribution in [0.4, 0.5) is 26.3 Å². The van der Waals surface area contributed by atoms with Crippen molar-refractivity contribution >= 4 is 20.2 Å². The Kier molecular flexibility index (Phi) is 50.1. The predicted molar refractivity (Wildman–Crippen MR) is 54.9 cm³/mol. The summed E-state index contributed by atoms with van der Waals surface area (Å²) in [6.07, 6.45) is 0. The molecule has 0 aliphatic rings. The first kappa shape index (κ1) is 50.1. The SMILES string of the molecule is O=S(=O)(O)C(F)(F)F.O=S(=O)(O)C(F)(F)F.[C-]#[O+].[C-]#[O+].[C-]#[O+].[C-]#[O+].[C-]#[O+].[Mo]. The van der Waals surface area contributed by atoms with E-state index in [2.05, 4.69) is 33.3 Å². The van der Waals surface area contributed by atoms with Crippen LogP contribution in [-0.4, -0.2) is 37.0 Å². The topological polar surface area (TPSA) is 208 Å². The molecule has 20 heteroatoms. The van der Waals surface area contributed by atoms with Gasteiger partial charge in [-0.05, 0) is 0 Å². The quantitative estimate of drug-likeness (QED) is 0.113. The minimum absolute atomic E-state index is 0. The fraction of sp³-hybridized carbons (Fsp3) is 0.286. The van der Waals surface area contributed by atoms with Gasteiger partial charge in [0.15, 0.2) is 0 Å². The maximum atomic E-state index is 10.7. The Morgan fingerprint density at radius 3 is 0.556 bits per heavy atom. The van der Waals surface area contributed by atoms with Gasteiger partial charge >= 0.3 is 87.8 Å². The van der Waals surface area contributed by atoms with E-state index < -0.39 is 31.3 Å². The Morgan fingerprint density at radius 1 is 0.519 bits per heavy atom. The van der Waals surface area contributed by atoms with Gasteiger partial charge in [-0.25, -0.2) is 0 Å². The summed E-state index contributed by atoms with van der Waals surface area (Å²) >= 11 is 0. The second-order valence-electron chi connectivity index (χ2n) is 1.84. The van der Waals surface area contributed by atoms with Gasteiger partial charge < -0.3 is 0 Å². The van der Waals surface area contributed by atoms with E-state index in [0.717, 1.165) is 0 Å². The van der Waals surface area contributed by atoms with E-state index in [1.165, 1.54) is 0 Å². The van der Waals surface area contributed by atoms with Crippen LogP contribution in [0.15, 0.2) is 0 Å². The molecule has 0 amide bonds. The van der Waals surface area contributed by atoms with Crippen LogP contribution in [0.1, 0.15) is 0 Å². The van der Waals surface area contributed by atoms with E-state index >= 15 is 0 Å². The first-order valence-electron chi connectivity index (χ1n) is 3.59. The zero-order chi connectivity index (χ0) is 24.0. The summed E-state index contributed by atoms with van der Waals surface area (Å²) in [5, 5.41) is 0. The molecular formula is C7H2F6MoO11S2. The van der Waals surface area contributed by atoms with Gasteiger partial charge in [0.1, 0.15) is 0 Å². The van der Waals surface area contributed by atoms with Crippen LogP contribution >= 0.6 is 0 Å². The summed E-state index contributed by atoms with van der Waals surface area (Å²) < 4.78 is 153. The van der Waals surface area contributed by atoms with Crippen LogP contribution < -0.4 is 0 Å². The molecule has 0 atom stereocenters. The Balaban J connectivity index is -0.0000000297. The predicted octanol–water partition coefficient (Wildman–Crippen LogP) is 0.598. The average molecular weight is 536 g/mol. The van der Waals surface area contributed by atoms with Crippen molar-refractivity contribution < 1.29 is 96.6 Å². The number of halogens is 6. The molecule has 11 nitrogen and oxygen atoms in total. The zero-order valence-electron chi connectivity index (χ0n) is 11.6. The molecular weight excluding hydrogens is 534 g/mol. The monoisotopic (exact) mass is 538 g/mol. The van der Waals surface area contributed by atoms with Crippen molar-refractivity contribution in [3.8, 4) is 0 Å². The van der Waals surface area contributed by atoms with Crippen molar-refractivity contribution in [2.75, 3.05) is 0 Å². The van der Waals surface area contributed by atoms with Gasteiger partial charge in [-0.3, -0.25) is 9.11 Å². The Hall–Kier alpha value is -1.21. The van der Waals surface area contributed by atoms with Gasteiger partial charge in [0, 0.05) is 21.1 Å². The largest absolute Gasteiger partial charge is 0 e. The van der Waals surface area contributed by atoms with E-state index in [0.29, 0.717) is 0 Å². The average Bonchev–Trinajstić information content (AvgIpc) is 2.54. The smallest absolute Gasteiger partial charge is 0 e. The minimum Gasteiger partial charge on any atom is 0 e. The van der Waals surface area contributed by atoms with Gasteiger partial charge in [0.05, 0.1) is 0 Å². The molecule has 0 rings (SSSR count). The Morgan fingerprint density at radius 2 is 0.556 bits per heavy atom. The van der Waals surface area contributed by atoms with E-state index in [4.69, 9.17) is 49.2 Å². The molecule has 0 bridgehead atoms. The van der Waals surface area contributed by atoms with Gasteiger partial charge in [-0.2, -0.15) is 43.2 Å². The normalized spacial score (nSPS) is 8.67. The second kappa shape index (κ2) is 27.0. The number of hydrogen-bond acceptors (Lipinski definition) is 4. The molecule has 0 saturated heterocycles. The molecule has 0 spiro atoms. The second-order valence-corrected chi connectivity index (χ2v) is 4.67. The molecule has 0 aromatic carbocycles. The Labute approximate surface area is 161 Å². The summed E-state index contributed by atoms with van der Waals surface area (Å²) in [6.45, 7) is 22.5. The molecule has 156 valence electrons. The maximum Gasteiger partial charge on any atom is 0 e. The van der Waals surface area contributed by atoms with Crippen molar-refractivity contribution in [2.45, 2.75) is 11.0 Å². The molecule has 0 aliphatic heterocycles. The first-order chi connectivity index (χ1) is 11.5. The van der Waals surface area contributed by atoms with E-state index in [9.17, 15) is 26.3 Å². The number of alkyl halides is 6. The summed E-state index contributed by atoms with van der Waals surface area (Å²) in [5.74, 6) is 0. The zero-order valence-corrected chi connectivity index (χ0v) is 15.2. The van der Waals surface area contributed by atoms with Gasteiger partial charge in [-0.1, -0.05) is 0 Å². The van der Waals surface area contributed by atoms with Crippen LogP contribution in [0.3, 0.4) is 0 Å². The molecule has 0 heterocycles. The molecule has 0 saturated carbocycles. The van der Waals surface area contributed by atoms with Crippen LogP contribution in [-0.2, 0) is 64.6 Å². The fourth-order valence-electron chi connectivity index (χ4n) is 0. The summed E-state index contributed by atoms with van der Waals surface area (Å²) in [7, 11) is -11.7. The van der Waals surface area contributed by atoms with Crippen molar-refractivity contribution in [2.24, 2.45) is 0 Å². The maximum absolute atomic E-state index is 10.7. The van der Waals surface area contributed by atoms with Crippen LogP contribution in [0, 0.1) is 33.3 Å². The van der Waals surface area contributed by atoms with Gasteiger partial charge in [0.2, 0.25) is 0 Å². The molecule has 2 N–H and O–H groups in total. The van der Waals surface area contributed by atoms with Gasteiger partial charge in [0.25, 0.3) is 0 Å². The first-order valence-corrected chi connectivity index (χ1v) is 6.47. The van der Waals surface area contributed by atoms with Crippen molar-refractivity contribution in [1.82, 2.24) is 0 Å². The van der Waals surface area contributed by atoms with Crippen LogP contribution in [0.5, 0.6) is 0 Å². The van der Waals surface area contributed by atoms with E-state index in [1.54, 1.807) is 0 Å². The summed E-state index contributed by atoms with van der Waals surface area (Å²) in [4.78, 5) is 0. The third kappa shape index (κ3) is 45.7. The fourth-order valence-corrected chi connectivity index (χ4v) is 0.